The number of thiophene rings is 1. The zero-order chi connectivity index (χ0) is 20.5. The van der Waals surface area contributed by atoms with Gasteiger partial charge in [0.05, 0.1) is 10.3 Å². The zero-order valence-corrected chi connectivity index (χ0v) is 18.1. The normalized spacial score (nSPS) is 16.8. The van der Waals surface area contributed by atoms with Crippen molar-refractivity contribution in [2.24, 2.45) is 5.73 Å². The van der Waals surface area contributed by atoms with Gasteiger partial charge in [-0.05, 0) is 58.3 Å². The average Bonchev–Trinajstić information content (AvgIpc) is 3.10. The molecule has 3 aromatic rings. The highest BCUT2D eigenvalue weighted by atomic mass is 79.9. The van der Waals surface area contributed by atoms with Gasteiger partial charge in [-0.2, -0.15) is 9.97 Å². The third-order valence-corrected chi connectivity index (χ3v) is 6.44. The van der Waals surface area contributed by atoms with Gasteiger partial charge in [-0.25, -0.2) is 9.18 Å². The summed E-state index contributed by atoms with van der Waals surface area (Å²) < 4.78 is 15.7. The Kier molecular flexibility index (Phi) is 5.62. The summed E-state index contributed by atoms with van der Waals surface area (Å²) in [6.07, 6.45) is 1.98. The van der Waals surface area contributed by atoms with Crippen LogP contribution in [-0.4, -0.2) is 33.7 Å². The number of hydrogen-bond donors (Lipinski definition) is 1. The lowest BCUT2D eigenvalue weighted by molar-refractivity contribution is 0.627. The molecule has 0 spiro atoms. The van der Waals surface area contributed by atoms with Gasteiger partial charge in [-0.3, -0.25) is 4.57 Å². The van der Waals surface area contributed by atoms with Gasteiger partial charge in [0, 0.05) is 24.0 Å². The molecule has 0 saturated carbocycles. The highest BCUT2D eigenvalue weighted by molar-refractivity contribution is 9.11. The maximum Gasteiger partial charge on any atom is 0.352 e. The molecule has 1 aliphatic heterocycles. The summed E-state index contributed by atoms with van der Waals surface area (Å²) in [6.45, 7) is 3.25. The Morgan fingerprint density at radius 2 is 2.00 bits per heavy atom. The van der Waals surface area contributed by atoms with Crippen molar-refractivity contribution in [2.45, 2.75) is 19.5 Å². The minimum Gasteiger partial charge on any atom is -0.335 e. The molecule has 0 bridgehead atoms. The summed E-state index contributed by atoms with van der Waals surface area (Å²) in [5, 5.41) is 0. The van der Waals surface area contributed by atoms with Gasteiger partial charge >= 0.3 is 5.69 Å². The highest BCUT2D eigenvalue weighted by Crippen LogP contribution is 2.24. The molecular formula is C20H19BrFN5OS. The number of rotatable bonds is 4. The molecule has 1 aliphatic rings. The third-order valence-electron chi connectivity index (χ3n) is 4.83. The number of benzene rings is 1. The van der Waals surface area contributed by atoms with E-state index in [0.717, 1.165) is 19.8 Å². The molecule has 2 aromatic heterocycles. The highest BCUT2D eigenvalue weighted by Gasteiger charge is 2.23. The summed E-state index contributed by atoms with van der Waals surface area (Å²) in [5.41, 5.74) is 7.86. The van der Waals surface area contributed by atoms with Crippen LogP contribution in [0.1, 0.15) is 16.3 Å². The molecule has 9 heteroatoms. The number of aryl methyl sites for hydroxylation is 1. The first-order chi connectivity index (χ1) is 13.9. The van der Waals surface area contributed by atoms with E-state index in [9.17, 15) is 9.18 Å². The second-order valence-electron chi connectivity index (χ2n) is 6.82. The maximum absolute atomic E-state index is 13.2. The van der Waals surface area contributed by atoms with Crippen LogP contribution in [0.15, 0.2) is 51.1 Å². The lowest BCUT2D eigenvalue weighted by atomic mass is 9.95. The van der Waals surface area contributed by atoms with Crippen molar-refractivity contribution < 1.29 is 4.39 Å². The van der Waals surface area contributed by atoms with E-state index in [2.05, 4.69) is 25.9 Å². The Balaban J connectivity index is 1.56. The van der Waals surface area contributed by atoms with E-state index in [-0.39, 0.29) is 17.5 Å². The van der Waals surface area contributed by atoms with E-state index in [4.69, 9.17) is 5.73 Å². The van der Waals surface area contributed by atoms with E-state index < -0.39 is 0 Å². The molecule has 0 radical (unpaired) electrons. The van der Waals surface area contributed by atoms with Crippen LogP contribution >= 0.6 is 27.3 Å². The van der Waals surface area contributed by atoms with Crippen molar-refractivity contribution in [3.8, 4) is 0 Å². The predicted molar refractivity (Wildman–Crippen MR) is 117 cm³/mol. The molecule has 3 heterocycles. The Hall–Kier alpha value is -2.36. The summed E-state index contributed by atoms with van der Waals surface area (Å²) in [4.78, 5) is 24.3. The minimum atomic E-state index is -0.334. The fourth-order valence-corrected chi connectivity index (χ4v) is 4.81. The molecule has 2 N–H and O–H groups in total. The second-order valence-corrected chi connectivity index (χ2v) is 9.37. The van der Waals surface area contributed by atoms with Crippen molar-refractivity contribution in [1.29, 1.82) is 0 Å². The lowest BCUT2D eigenvalue weighted by Crippen LogP contribution is -2.44. The van der Waals surface area contributed by atoms with Crippen molar-refractivity contribution in [3.63, 3.8) is 0 Å². The first-order valence-electron chi connectivity index (χ1n) is 9.07. The summed E-state index contributed by atoms with van der Waals surface area (Å²) in [7, 11) is 0. The molecule has 0 saturated heterocycles. The molecular weight excluding hydrogens is 457 g/mol. The van der Waals surface area contributed by atoms with Crippen molar-refractivity contribution in [1.82, 2.24) is 14.5 Å². The first kappa shape index (κ1) is 19.9. The predicted octanol–water partition coefficient (Wildman–Crippen LogP) is 3.19. The Bertz CT molecular complexity index is 1120. The molecule has 0 amide bonds. The smallest absolute Gasteiger partial charge is 0.335 e. The van der Waals surface area contributed by atoms with E-state index >= 15 is 0 Å². The maximum atomic E-state index is 13.2. The largest absolute Gasteiger partial charge is 0.352 e. The number of nitrogens with zero attached hydrogens (tertiary/aromatic N) is 4. The molecule has 0 fully saturated rings. The average molecular weight is 476 g/mol. The van der Waals surface area contributed by atoms with Gasteiger partial charge < -0.3 is 10.6 Å². The van der Waals surface area contributed by atoms with Gasteiger partial charge in [0.15, 0.2) is 0 Å². The Morgan fingerprint density at radius 3 is 2.62 bits per heavy atom. The van der Waals surface area contributed by atoms with Gasteiger partial charge in [0.1, 0.15) is 11.6 Å². The number of hydrogen-bond acceptors (Lipinski definition) is 6. The van der Waals surface area contributed by atoms with Crippen molar-refractivity contribution >= 4 is 38.8 Å². The fourth-order valence-electron chi connectivity index (χ4n) is 3.34. The third kappa shape index (κ3) is 4.31. The number of halogens is 2. The van der Waals surface area contributed by atoms with Gasteiger partial charge in [-0.15, -0.1) is 11.3 Å². The van der Waals surface area contributed by atoms with Gasteiger partial charge in [0.2, 0.25) is 5.95 Å². The SMILES string of the molecule is Cc1nc(N2CC=C(c3ccc(F)cc3)[C@@H](N)C2)nc(=O)n1Cc1ccc(Br)s1. The van der Waals surface area contributed by atoms with Crippen molar-refractivity contribution in [3.05, 3.63) is 78.8 Å². The summed E-state index contributed by atoms with van der Waals surface area (Å²) in [6, 6.07) is 9.93. The first-order valence-corrected chi connectivity index (χ1v) is 10.7. The molecule has 0 aliphatic carbocycles. The van der Waals surface area contributed by atoms with Crippen molar-refractivity contribution in [2.75, 3.05) is 18.0 Å². The molecule has 6 nitrogen and oxygen atoms in total. The van der Waals surface area contributed by atoms with Crippen LogP contribution in [0, 0.1) is 12.7 Å². The zero-order valence-electron chi connectivity index (χ0n) is 15.7. The number of aromatic nitrogens is 3. The van der Waals surface area contributed by atoms with E-state index in [1.165, 1.54) is 12.1 Å². The van der Waals surface area contributed by atoms with Crippen LogP contribution in [0.3, 0.4) is 0 Å². The molecule has 150 valence electrons. The fraction of sp³-hybridized carbons (Fsp3) is 0.250. The van der Waals surface area contributed by atoms with Crippen LogP contribution in [-0.2, 0) is 6.54 Å². The standard InChI is InChI=1S/C20H19BrFN5OS/c1-12-24-19(25-20(28)27(12)10-15-6-7-18(21)29-15)26-9-8-16(17(23)11-26)13-2-4-14(22)5-3-13/h2-8,17H,9-11,23H2,1H3/t17-/m0/s1. The van der Waals surface area contributed by atoms with Gasteiger partial charge in [-0.1, -0.05) is 18.2 Å². The van der Waals surface area contributed by atoms with E-state index in [1.807, 2.05) is 23.1 Å². The quantitative estimate of drug-likeness (QED) is 0.626. The summed E-state index contributed by atoms with van der Waals surface area (Å²) in [5.74, 6) is 0.701. The minimum absolute atomic E-state index is 0.278. The van der Waals surface area contributed by atoms with Crippen LogP contribution < -0.4 is 16.3 Å². The molecule has 0 unspecified atom stereocenters. The molecule has 29 heavy (non-hydrogen) atoms. The van der Waals surface area contributed by atoms with E-state index in [1.54, 1.807) is 35.0 Å². The lowest BCUT2D eigenvalue weighted by Gasteiger charge is -2.31. The summed E-state index contributed by atoms with van der Waals surface area (Å²) >= 11 is 5.01. The topological polar surface area (TPSA) is 77.0 Å². The van der Waals surface area contributed by atoms with Crippen LogP contribution in [0.4, 0.5) is 10.3 Å². The Labute approximate surface area is 179 Å². The number of nitrogens with two attached hydrogens (primary N) is 1. The molecule has 1 atom stereocenters. The van der Waals surface area contributed by atoms with Crippen LogP contribution in [0.25, 0.3) is 5.57 Å². The van der Waals surface area contributed by atoms with Gasteiger partial charge in [0.25, 0.3) is 0 Å². The van der Waals surface area contributed by atoms with E-state index in [0.29, 0.717) is 31.4 Å². The molecule has 1 aromatic carbocycles. The van der Waals surface area contributed by atoms with Crippen LogP contribution in [0.5, 0.6) is 0 Å². The monoisotopic (exact) mass is 475 g/mol. The molecule has 4 rings (SSSR count). The Morgan fingerprint density at radius 1 is 1.24 bits per heavy atom. The second kappa shape index (κ2) is 8.17. The number of anilines is 1. The van der Waals surface area contributed by atoms with Crippen LogP contribution in [0.2, 0.25) is 0 Å².